The highest BCUT2D eigenvalue weighted by atomic mass is 16.4. The van der Waals surface area contributed by atoms with E-state index < -0.39 is 12.1 Å². The molecule has 3 N–H and O–H groups in total. The van der Waals surface area contributed by atoms with Gasteiger partial charge in [0.15, 0.2) is 0 Å². The zero-order chi connectivity index (χ0) is 13.0. The summed E-state index contributed by atoms with van der Waals surface area (Å²) < 4.78 is 0. The zero-order valence-electron chi connectivity index (χ0n) is 10.2. The third-order valence-electron chi connectivity index (χ3n) is 3.26. The van der Waals surface area contributed by atoms with Crippen molar-refractivity contribution in [3.63, 3.8) is 0 Å². The van der Waals surface area contributed by atoms with Crippen LogP contribution in [0.1, 0.15) is 11.7 Å². The third kappa shape index (κ3) is 3.56. The number of β-amino-alcohol motifs (C(OH)–C–C–N with tert-alkyl or cyclic N) is 1. The van der Waals surface area contributed by atoms with Crippen LogP contribution in [0.5, 0.6) is 0 Å². The fourth-order valence-corrected chi connectivity index (χ4v) is 2.22. The lowest BCUT2D eigenvalue weighted by Crippen LogP contribution is -2.48. The van der Waals surface area contributed by atoms with E-state index in [-0.39, 0.29) is 6.54 Å². The molecule has 0 spiro atoms. The lowest BCUT2D eigenvalue weighted by Gasteiger charge is -2.34. The van der Waals surface area contributed by atoms with Crippen molar-refractivity contribution in [3.05, 3.63) is 24.0 Å². The van der Waals surface area contributed by atoms with Crippen LogP contribution >= 0.6 is 0 Å². The first-order chi connectivity index (χ1) is 8.65. The Morgan fingerprint density at radius 3 is 2.56 bits per heavy atom. The number of H-pyrrole nitrogens is 1. The molecule has 1 aliphatic rings. The summed E-state index contributed by atoms with van der Waals surface area (Å²) in [4.78, 5) is 17.6. The number of rotatable bonds is 5. The average Bonchev–Trinajstić information content (AvgIpc) is 2.84. The van der Waals surface area contributed by atoms with Crippen LogP contribution in [0.3, 0.4) is 0 Å². The third-order valence-corrected chi connectivity index (χ3v) is 3.26. The first kappa shape index (κ1) is 13.1. The first-order valence-electron chi connectivity index (χ1n) is 6.12. The summed E-state index contributed by atoms with van der Waals surface area (Å²) in [5.74, 6) is -0.782. The Morgan fingerprint density at radius 2 is 2.00 bits per heavy atom. The molecule has 0 radical (unpaired) electrons. The number of aliphatic carboxylic acids is 1. The van der Waals surface area contributed by atoms with Crippen molar-refractivity contribution < 1.29 is 15.0 Å². The number of aliphatic hydroxyl groups excluding tert-OH is 1. The van der Waals surface area contributed by atoms with E-state index >= 15 is 0 Å². The van der Waals surface area contributed by atoms with E-state index in [0.29, 0.717) is 6.54 Å². The molecule has 1 aromatic rings. The maximum atomic E-state index is 10.6. The number of piperazine rings is 1. The lowest BCUT2D eigenvalue weighted by molar-refractivity contribution is -0.138. The molecule has 1 saturated heterocycles. The lowest BCUT2D eigenvalue weighted by atomic mass is 10.1. The van der Waals surface area contributed by atoms with Crippen molar-refractivity contribution >= 4 is 5.97 Å². The molecule has 1 fully saturated rings. The number of aliphatic hydroxyl groups is 1. The molecule has 6 nitrogen and oxygen atoms in total. The van der Waals surface area contributed by atoms with E-state index in [0.717, 1.165) is 31.7 Å². The van der Waals surface area contributed by atoms with Gasteiger partial charge in [-0.15, -0.1) is 0 Å². The monoisotopic (exact) mass is 253 g/mol. The number of hydrogen-bond acceptors (Lipinski definition) is 4. The van der Waals surface area contributed by atoms with Crippen LogP contribution in [0.4, 0.5) is 0 Å². The number of nitrogens with one attached hydrogen (secondary N) is 1. The Hall–Kier alpha value is -1.37. The van der Waals surface area contributed by atoms with Crippen molar-refractivity contribution in [2.24, 2.45) is 0 Å². The Kier molecular flexibility index (Phi) is 4.35. The molecule has 2 heterocycles. The van der Waals surface area contributed by atoms with Gasteiger partial charge in [-0.2, -0.15) is 0 Å². The van der Waals surface area contributed by atoms with Gasteiger partial charge in [0.2, 0.25) is 0 Å². The van der Waals surface area contributed by atoms with Crippen LogP contribution in [0, 0.1) is 0 Å². The van der Waals surface area contributed by atoms with Gasteiger partial charge in [-0.1, -0.05) is 0 Å². The van der Waals surface area contributed by atoms with Gasteiger partial charge >= 0.3 is 5.97 Å². The second-order valence-corrected chi connectivity index (χ2v) is 4.63. The summed E-state index contributed by atoms with van der Waals surface area (Å²) in [6.07, 6.45) is 3.11. The summed E-state index contributed by atoms with van der Waals surface area (Å²) in [5, 5.41) is 18.7. The van der Waals surface area contributed by atoms with Crippen molar-refractivity contribution in [1.29, 1.82) is 0 Å². The van der Waals surface area contributed by atoms with Gasteiger partial charge in [0.1, 0.15) is 0 Å². The van der Waals surface area contributed by atoms with Gasteiger partial charge in [0, 0.05) is 45.1 Å². The van der Waals surface area contributed by atoms with E-state index in [4.69, 9.17) is 5.11 Å². The van der Waals surface area contributed by atoms with Gasteiger partial charge in [-0.25, -0.2) is 0 Å². The van der Waals surface area contributed by atoms with Crippen LogP contribution < -0.4 is 0 Å². The minimum atomic E-state index is -0.782. The van der Waals surface area contributed by atoms with E-state index in [9.17, 15) is 9.90 Å². The highest BCUT2D eigenvalue weighted by Crippen LogP contribution is 2.14. The van der Waals surface area contributed by atoms with Crippen molar-refractivity contribution in [3.8, 4) is 0 Å². The normalized spacial score (nSPS) is 19.8. The Morgan fingerprint density at radius 1 is 1.33 bits per heavy atom. The summed E-state index contributed by atoms with van der Waals surface area (Å²) in [6.45, 7) is 3.79. The fraction of sp³-hybridized carbons (Fsp3) is 0.583. The molecule has 0 aliphatic carbocycles. The van der Waals surface area contributed by atoms with Crippen molar-refractivity contribution in [1.82, 2.24) is 14.8 Å². The quantitative estimate of drug-likeness (QED) is 0.674. The maximum Gasteiger partial charge on any atom is 0.317 e. The smallest absolute Gasteiger partial charge is 0.317 e. The van der Waals surface area contributed by atoms with Crippen LogP contribution in [-0.2, 0) is 4.79 Å². The molecule has 1 unspecified atom stereocenters. The topological polar surface area (TPSA) is 79.8 Å². The SMILES string of the molecule is O=C(O)CN1CCN(CC(O)c2cc[nH]c2)CC1. The second-order valence-electron chi connectivity index (χ2n) is 4.63. The number of aromatic nitrogens is 1. The predicted molar refractivity (Wildman–Crippen MR) is 66.3 cm³/mol. The molecule has 0 amide bonds. The molecule has 18 heavy (non-hydrogen) atoms. The molecule has 1 aliphatic heterocycles. The number of aromatic amines is 1. The Labute approximate surface area is 106 Å². The van der Waals surface area contributed by atoms with E-state index in [2.05, 4.69) is 9.88 Å². The van der Waals surface area contributed by atoms with Gasteiger partial charge in [-0.05, 0) is 11.6 Å². The van der Waals surface area contributed by atoms with Crippen molar-refractivity contribution in [2.45, 2.75) is 6.10 Å². The first-order valence-corrected chi connectivity index (χ1v) is 6.12. The van der Waals surface area contributed by atoms with Crippen molar-refractivity contribution in [2.75, 3.05) is 39.3 Å². The van der Waals surface area contributed by atoms with Crippen LogP contribution in [0.2, 0.25) is 0 Å². The molecule has 0 bridgehead atoms. The van der Waals surface area contributed by atoms with Gasteiger partial charge < -0.3 is 15.2 Å². The Bertz CT molecular complexity index is 372. The summed E-state index contributed by atoms with van der Waals surface area (Å²) in [6, 6.07) is 1.87. The van der Waals surface area contributed by atoms with Gasteiger partial charge in [0.05, 0.1) is 12.6 Å². The average molecular weight is 253 g/mol. The predicted octanol–water partition coefficient (Wildman–Crippen LogP) is -0.250. The largest absolute Gasteiger partial charge is 0.480 e. The fourth-order valence-electron chi connectivity index (χ4n) is 2.22. The number of carbonyl (C=O) groups is 1. The molecule has 1 atom stereocenters. The molecule has 2 rings (SSSR count). The number of nitrogens with zero attached hydrogens (tertiary/aromatic N) is 2. The molecule has 6 heteroatoms. The standard InChI is InChI=1S/C12H19N3O3/c16-11(10-1-2-13-7-10)8-14-3-5-15(6-4-14)9-12(17)18/h1-2,7,11,13,16H,3-6,8-9H2,(H,17,18). The van der Waals surface area contributed by atoms with E-state index in [1.807, 2.05) is 11.0 Å². The minimum absolute atomic E-state index is 0.105. The molecule has 1 aromatic heterocycles. The van der Waals surface area contributed by atoms with Crippen LogP contribution in [-0.4, -0.2) is 70.2 Å². The molecule has 100 valence electrons. The van der Waals surface area contributed by atoms with Crippen LogP contribution in [0.25, 0.3) is 0 Å². The number of carboxylic acid groups (broad SMARTS) is 1. The Balaban J connectivity index is 1.75. The summed E-state index contributed by atoms with van der Waals surface area (Å²) in [7, 11) is 0. The van der Waals surface area contributed by atoms with Crippen LogP contribution in [0.15, 0.2) is 18.5 Å². The minimum Gasteiger partial charge on any atom is -0.480 e. The molecule has 0 saturated carbocycles. The zero-order valence-corrected chi connectivity index (χ0v) is 10.2. The number of hydrogen-bond donors (Lipinski definition) is 3. The molecule has 0 aromatic carbocycles. The molecular weight excluding hydrogens is 234 g/mol. The molecular formula is C12H19N3O3. The van der Waals surface area contributed by atoms with E-state index in [1.165, 1.54) is 0 Å². The second kappa shape index (κ2) is 5.99. The summed E-state index contributed by atoms with van der Waals surface area (Å²) >= 11 is 0. The highest BCUT2D eigenvalue weighted by molar-refractivity contribution is 5.69. The summed E-state index contributed by atoms with van der Waals surface area (Å²) in [5.41, 5.74) is 0.892. The highest BCUT2D eigenvalue weighted by Gasteiger charge is 2.21. The van der Waals surface area contributed by atoms with E-state index in [1.54, 1.807) is 12.4 Å². The maximum absolute atomic E-state index is 10.6. The van der Waals surface area contributed by atoms with Gasteiger partial charge in [0.25, 0.3) is 0 Å². The van der Waals surface area contributed by atoms with Gasteiger partial charge in [-0.3, -0.25) is 14.6 Å². The number of carboxylic acids is 1.